The number of rotatable bonds is 3. The summed E-state index contributed by atoms with van der Waals surface area (Å²) in [6, 6.07) is 10.0. The van der Waals surface area contributed by atoms with Crippen LogP contribution in [0.1, 0.15) is 39.7 Å². The summed E-state index contributed by atoms with van der Waals surface area (Å²) in [7, 11) is 0. The Morgan fingerprint density at radius 2 is 1.89 bits per heavy atom. The van der Waals surface area contributed by atoms with Gasteiger partial charge in [0.05, 0.1) is 0 Å². The van der Waals surface area contributed by atoms with Gasteiger partial charge in [-0.2, -0.15) is 0 Å². The van der Waals surface area contributed by atoms with Crippen LogP contribution < -0.4 is 0 Å². The number of benzene rings is 1. The minimum Gasteiger partial charge on any atom is -0.381 e. The number of ether oxygens (including phenoxy) is 1. The first-order chi connectivity index (χ1) is 9.34. The Kier molecular flexibility index (Phi) is 4.11. The van der Waals surface area contributed by atoms with Crippen LogP contribution in [0.3, 0.4) is 0 Å². The van der Waals surface area contributed by atoms with Gasteiger partial charge in [-0.1, -0.05) is 41.7 Å². The molecule has 1 aromatic heterocycles. The number of hydrogen-bond donors (Lipinski definition) is 0. The molecule has 3 nitrogen and oxygen atoms in total. The third kappa shape index (κ3) is 2.96. The molecule has 1 saturated heterocycles. The molecule has 2 heterocycles. The molecule has 3 rings (SSSR count). The number of aromatic nitrogens is 2. The van der Waals surface area contributed by atoms with E-state index in [0.717, 1.165) is 41.6 Å². The summed E-state index contributed by atoms with van der Waals surface area (Å²) in [4.78, 5) is 0. The quantitative estimate of drug-likeness (QED) is 0.809. The van der Waals surface area contributed by atoms with Gasteiger partial charge in [-0.15, -0.1) is 21.8 Å². The van der Waals surface area contributed by atoms with Crippen molar-refractivity contribution < 1.29 is 4.74 Å². The Labute approximate surface area is 121 Å². The molecule has 0 bridgehead atoms. The van der Waals surface area contributed by atoms with Crippen molar-refractivity contribution >= 4 is 22.9 Å². The van der Waals surface area contributed by atoms with Crippen LogP contribution in [0.5, 0.6) is 0 Å². The normalized spacial score (nSPS) is 18.4. The van der Waals surface area contributed by atoms with Crippen LogP contribution in [0.2, 0.25) is 0 Å². The maximum atomic E-state index is 6.47. The Bertz CT molecular complexity index is 525. The molecule has 19 heavy (non-hydrogen) atoms. The first-order valence-electron chi connectivity index (χ1n) is 6.44. The number of nitrogens with zero attached hydrogens (tertiary/aromatic N) is 2. The highest BCUT2D eigenvalue weighted by Gasteiger charge is 2.22. The second-order valence-corrected chi connectivity index (χ2v) is 6.12. The monoisotopic (exact) mass is 294 g/mol. The second-order valence-electron chi connectivity index (χ2n) is 4.64. The summed E-state index contributed by atoms with van der Waals surface area (Å²) < 4.78 is 5.38. The van der Waals surface area contributed by atoms with Gasteiger partial charge in [0.2, 0.25) is 0 Å². The average molecular weight is 295 g/mol. The Hall–Kier alpha value is -0.970. The van der Waals surface area contributed by atoms with Crippen molar-refractivity contribution in [1.82, 2.24) is 10.2 Å². The van der Waals surface area contributed by atoms with Crippen LogP contribution in [0.15, 0.2) is 30.3 Å². The van der Waals surface area contributed by atoms with Gasteiger partial charge in [-0.25, -0.2) is 0 Å². The van der Waals surface area contributed by atoms with Crippen LogP contribution >= 0.6 is 22.9 Å². The van der Waals surface area contributed by atoms with E-state index in [-0.39, 0.29) is 5.38 Å². The van der Waals surface area contributed by atoms with E-state index in [1.54, 1.807) is 11.3 Å². The molecule has 0 amide bonds. The van der Waals surface area contributed by atoms with Gasteiger partial charge in [0.15, 0.2) is 0 Å². The average Bonchev–Trinajstić information content (AvgIpc) is 2.98. The molecule has 0 radical (unpaired) electrons. The third-order valence-corrected chi connectivity index (χ3v) is 5.07. The topological polar surface area (TPSA) is 35.0 Å². The van der Waals surface area contributed by atoms with E-state index in [0.29, 0.717) is 5.92 Å². The maximum absolute atomic E-state index is 6.47. The molecule has 1 aromatic carbocycles. The number of hydrogen-bond acceptors (Lipinski definition) is 4. The molecule has 5 heteroatoms. The molecule has 1 unspecified atom stereocenters. The lowest BCUT2D eigenvalue weighted by molar-refractivity contribution is 0.0851. The van der Waals surface area contributed by atoms with Gasteiger partial charge in [0.25, 0.3) is 0 Å². The van der Waals surface area contributed by atoms with Crippen molar-refractivity contribution in [3.05, 3.63) is 45.9 Å². The van der Waals surface area contributed by atoms with E-state index in [4.69, 9.17) is 16.3 Å². The lowest BCUT2D eigenvalue weighted by Gasteiger charge is -2.19. The first kappa shape index (κ1) is 13.0. The molecule has 1 atom stereocenters. The predicted molar refractivity (Wildman–Crippen MR) is 76.8 cm³/mol. The zero-order valence-electron chi connectivity index (χ0n) is 10.5. The summed E-state index contributed by atoms with van der Waals surface area (Å²) >= 11 is 8.10. The fourth-order valence-electron chi connectivity index (χ4n) is 2.22. The van der Waals surface area contributed by atoms with Gasteiger partial charge < -0.3 is 4.74 Å². The molecule has 1 aliphatic heterocycles. The van der Waals surface area contributed by atoms with Crippen molar-refractivity contribution in [3.8, 4) is 0 Å². The van der Waals surface area contributed by atoms with Crippen molar-refractivity contribution in [2.45, 2.75) is 24.1 Å². The van der Waals surface area contributed by atoms with Crippen molar-refractivity contribution in [3.63, 3.8) is 0 Å². The highest BCUT2D eigenvalue weighted by Crippen LogP contribution is 2.35. The highest BCUT2D eigenvalue weighted by molar-refractivity contribution is 7.11. The van der Waals surface area contributed by atoms with E-state index < -0.39 is 0 Å². The molecule has 1 fully saturated rings. The summed E-state index contributed by atoms with van der Waals surface area (Å²) in [6.45, 7) is 1.64. The fourth-order valence-corrected chi connectivity index (χ4v) is 3.57. The second kappa shape index (κ2) is 5.99. The highest BCUT2D eigenvalue weighted by atomic mass is 35.5. The molecule has 0 saturated carbocycles. The zero-order chi connectivity index (χ0) is 13.1. The van der Waals surface area contributed by atoms with Gasteiger partial charge in [-0.05, 0) is 18.4 Å². The maximum Gasteiger partial charge on any atom is 0.139 e. The van der Waals surface area contributed by atoms with E-state index in [9.17, 15) is 0 Å². The molecule has 2 aromatic rings. The molecule has 1 aliphatic rings. The summed E-state index contributed by atoms with van der Waals surface area (Å²) in [6.07, 6.45) is 2.07. The van der Waals surface area contributed by atoms with Crippen LogP contribution in [-0.4, -0.2) is 23.4 Å². The van der Waals surface area contributed by atoms with Gasteiger partial charge >= 0.3 is 0 Å². The molecular weight excluding hydrogens is 280 g/mol. The Balaban J connectivity index is 1.77. The largest absolute Gasteiger partial charge is 0.381 e. The minimum atomic E-state index is -0.202. The third-order valence-electron chi connectivity index (χ3n) is 3.34. The van der Waals surface area contributed by atoms with Crippen molar-refractivity contribution in [2.75, 3.05) is 13.2 Å². The van der Waals surface area contributed by atoms with Crippen LogP contribution in [-0.2, 0) is 4.74 Å². The Morgan fingerprint density at radius 3 is 2.63 bits per heavy atom. The van der Waals surface area contributed by atoms with E-state index in [1.807, 2.05) is 30.3 Å². The molecule has 0 N–H and O–H groups in total. The number of halogens is 1. The van der Waals surface area contributed by atoms with Crippen LogP contribution in [0.25, 0.3) is 0 Å². The standard InChI is InChI=1S/C14H15ClN2OS/c15-12(10-4-2-1-3-5-10)14-17-16-13(19-14)11-6-8-18-9-7-11/h1-5,11-12H,6-9H2. The first-order valence-corrected chi connectivity index (χ1v) is 7.70. The zero-order valence-corrected chi connectivity index (χ0v) is 12.0. The Morgan fingerprint density at radius 1 is 1.16 bits per heavy atom. The SMILES string of the molecule is ClC(c1ccccc1)c1nnc(C2CCOCC2)s1. The van der Waals surface area contributed by atoms with E-state index in [2.05, 4.69) is 10.2 Å². The summed E-state index contributed by atoms with van der Waals surface area (Å²) in [5.74, 6) is 0.486. The smallest absolute Gasteiger partial charge is 0.139 e. The van der Waals surface area contributed by atoms with Crippen LogP contribution in [0, 0.1) is 0 Å². The van der Waals surface area contributed by atoms with Gasteiger partial charge in [0, 0.05) is 19.1 Å². The fraction of sp³-hybridized carbons (Fsp3) is 0.429. The minimum absolute atomic E-state index is 0.202. The predicted octanol–water partition coefficient (Wildman–Crippen LogP) is 3.76. The van der Waals surface area contributed by atoms with Crippen molar-refractivity contribution in [2.24, 2.45) is 0 Å². The van der Waals surface area contributed by atoms with Gasteiger partial charge in [-0.3, -0.25) is 0 Å². The molecular formula is C14H15ClN2OS. The van der Waals surface area contributed by atoms with Crippen LogP contribution in [0.4, 0.5) is 0 Å². The molecule has 0 aliphatic carbocycles. The number of alkyl halides is 1. The summed E-state index contributed by atoms with van der Waals surface area (Å²) in [5.41, 5.74) is 1.07. The molecule has 100 valence electrons. The summed E-state index contributed by atoms with van der Waals surface area (Å²) in [5, 5.41) is 10.4. The lowest BCUT2D eigenvalue weighted by atomic mass is 10.0. The van der Waals surface area contributed by atoms with E-state index >= 15 is 0 Å². The molecule has 0 spiro atoms. The lowest BCUT2D eigenvalue weighted by Crippen LogP contribution is -2.13. The van der Waals surface area contributed by atoms with Gasteiger partial charge in [0.1, 0.15) is 15.4 Å². The van der Waals surface area contributed by atoms with E-state index in [1.165, 1.54) is 0 Å². The van der Waals surface area contributed by atoms with Crippen molar-refractivity contribution in [1.29, 1.82) is 0 Å².